The molecule has 0 radical (unpaired) electrons. The average molecular weight is 374 g/mol. The molecule has 6 heteroatoms. The summed E-state index contributed by atoms with van der Waals surface area (Å²) in [5.41, 5.74) is 5.20. The number of nitrogens with one attached hydrogen (secondary N) is 2. The molecule has 0 fully saturated rings. The highest BCUT2D eigenvalue weighted by atomic mass is 16.2. The van der Waals surface area contributed by atoms with E-state index in [1.807, 2.05) is 39.0 Å². The van der Waals surface area contributed by atoms with E-state index >= 15 is 0 Å². The highest BCUT2D eigenvalue weighted by Crippen LogP contribution is 2.23. The molecule has 0 saturated carbocycles. The van der Waals surface area contributed by atoms with Gasteiger partial charge in [-0.1, -0.05) is 18.2 Å². The summed E-state index contributed by atoms with van der Waals surface area (Å²) in [6, 6.07) is 14.4. The van der Waals surface area contributed by atoms with Gasteiger partial charge in [0.15, 0.2) is 5.78 Å². The maximum absolute atomic E-state index is 12.6. The third-order valence-corrected chi connectivity index (χ3v) is 4.35. The number of carbonyl (C=O) groups is 2. The lowest BCUT2D eigenvalue weighted by Crippen LogP contribution is -2.15. The summed E-state index contributed by atoms with van der Waals surface area (Å²) in [4.78, 5) is 32.7. The van der Waals surface area contributed by atoms with Gasteiger partial charge < -0.3 is 10.6 Å². The largest absolute Gasteiger partial charge is 0.324 e. The first-order chi connectivity index (χ1) is 13.3. The molecule has 3 rings (SSSR count). The lowest BCUT2D eigenvalue weighted by atomic mass is 10.1. The number of aryl methyl sites for hydroxylation is 3. The van der Waals surface area contributed by atoms with Gasteiger partial charge in [0.05, 0.1) is 0 Å². The van der Waals surface area contributed by atoms with E-state index in [2.05, 4.69) is 20.6 Å². The molecule has 3 aromatic rings. The number of benzene rings is 2. The number of nitrogens with zero attached hydrogens (tertiary/aromatic N) is 2. The molecular formula is C22H22N4O2. The van der Waals surface area contributed by atoms with Gasteiger partial charge in [-0.05, 0) is 69.2 Å². The number of para-hydroxylation sites is 1. The van der Waals surface area contributed by atoms with Crippen LogP contribution in [0.3, 0.4) is 0 Å². The minimum absolute atomic E-state index is 0.0217. The quantitative estimate of drug-likeness (QED) is 0.638. The van der Waals surface area contributed by atoms with Crippen molar-refractivity contribution in [3.05, 3.63) is 76.6 Å². The predicted molar refractivity (Wildman–Crippen MR) is 110 cm³/mol. The smallest absolute Gasteiger partial charge is 0.274 e. The zero-order chi connectivity index (χ0) is 20.3. The Morgan fingerprint density at radius 1 is 0.893 bits per heavy atom. The van der Waals surface area contributed by atoms with Crippen LogP contribution in [0, 0.1) is 20.8 Å². The van der Waals surface area contributed by atoms with E-state index in [1.54, 1.807) is 30.3 Å². The second kappa shape index (κ2) is 8.00. The van der Waals surface area contributed by atoms with Gasteiger partial charge in [-0.3, -0.25) is 9.59 Å². The van der Waals surface area contributed by atoms with Gasteiger partial charge in [-0.25, -0.2) is 9.97 Å². The van der Waals surface area contributed by atoms with Crippen molar-refractivity contribution in [2.24, 2.45) is 0 Å². The van der Waals surface area contributed by atoms with Crippen LogP contribution in [0.2, 0.25) is 0 Å². The summed E-state index contributed by atoms with van der Waals surface area (Å²) in [5.74, 6) is 0.00613. The van der Waals surface area contributed by atoms with Crippen molar-refractivity contribution in [2.75, 3.05) is 10.6 Å². The van der Waals surface area contributed by atoms with E-state index in [0.717, 1.165) is 16.8 Å². The van der Waals surface area contributed by atoms with Crippen LogP contribution in [-0.4, -0.2) is 21.7 Å². The number of hydrogen-bond donors (Lipinski definition) is 2. The Kier molecular flexibility index (Phi) is 5.49. The molecular weight excluding hydrogens is 352 g/mol. The van der Waals surface area contributed by atoms with Gasteiger partial charge in [0.25, 0.3) is 5.91 Å². The van der Waals surface area contributed by atoms with Gasteiger partial charge in [-0.2, -0.15) is 0 Å². The fourth-order valence-electron chi connectivity index (χ4n) is 2.85. The van der Waals surface area contributed by atoms with E-state index < -0.39 is 0 Å². The lowest BCUT2D eigenvalue weighted by molar-refractivity contribution is 0.101. The highest BCUT2D eigenvalue weighted by Gasteiger charge is 2.13. The summed E-state index contributed by atoms with van der Waals surface area (Å²) >= 11 is 0. The van der Waals surface area contributed by atoms with Crippen LogP contribution in [0.1, 0.15) is 44.6 Å². The van der Waals surface area contributed by atoms with Gasteiger partial charge in [0.2, 0.25) is 5.95 Å². The number of ketones is 1. The molecule has 1 amide bonds. The molecule has 0 bridgehead atoms. The summed E-state index contributed by atoms with van der Waals surface area (Å²) in [5, 5.41) is 6.02. The minimum atomic E-state index is -0.342. The van der Waals surface area contributed by atoms with Crippen LogP contribution in [0.4, 0.5) is 17.3 Å². The van der Waals surface area contributed by atoms with E-state index in [9.17, 15) is 9.59 Å². The monoisotopic (exact) mass is 374 g/mol. The first-order valence-electron chi connectivity index (χ1n) is 8.95. The Balaban J connectivity index is 1.82. The number of hydrogen-bond acceptors (Lipinski definition) is 5. The first-order valence-corrected chi connectivity index (χ1v) is 8.95. The molecule has 0 aliphatic rings. The van der Waals surface area contributed by atoms with Crippen molar-refractivity contribution in [3.63, 3.8) is 0 Å². The van der Waals surface area contributed by atoms with E-state index in [-0.39, 0.29) is 17.4 Å². The minimum Gasteiger partial charge on any atom is -0.324 e. The van der Waals surface area contributed by atoms with E-state index in [1.165, 1.54) is 6.92 Å². The fraction of sp³-hybridized carbons (Fsp3) is 0.182. The molecule has 1 aromatic heterocycles. The zero-order valence-corrected chi connectivity index (χ0v) is 16.3. The standard InChI is InChI=1S/C22H22N4O2/c1-13-6-5-7-14(2)20(13)26-22-23-15(3)12-19(25-22)21(28)24-18-10-8-17(9-11-18)16(4)27/h5-12H,1-4H3,(H,24,28)(H,23,25,26). The molecule has 1 heterocycles. The second-order valence-corrected chi connectivity index (χ2v) is 6.70. The van der Waals surface area contributed by atoms with Crippen molar-refractivity contribution < 1.29 is 9.59 Å². The lowest BCUT2D eigenvalue weighted by Gasteiger charge is -2.13. The molecule has 0 saturated heterocycles. The molecule has 0 atom stereocenters. The van der Waals surface area contributed by atoms with E-state index in [4.69, 9.17) is 0 Å². The van der Waals surface area contributed by atoms with Crippen molar-refractivity contribution in [3.8, 4) is 0 Å². The highest BCUT2D eigenvalue weighted by molar-refractivity contribution is 6.03. The topological polar surface area (TPSA) is 84.0 Å². The molecule has 0 aliphatic heterocycles. The normalized spacial score (nSPS) is 10.4. The second-order valence-electron chi connectivity index (χ2n) is 6.70. The molecule has 0 aliphatic carbocycles. The predicted octanol–water partition coefficient (Wildman–Crippen LogP) is 4.60. The first kappa shape index (κ1) is 19.2. The third kappa shape index (κ3) is 4.40. The molecule has 0 unspecified atom stereocenters. The number of carbonyl (C=O) groups excluding carboxylic acids is 2. The molecule has 28 heavy (non-hydrogen) atoms. The zero-order valence-electron chi connectivity index (χ0n) is 16.3. The summed E-state index contributed by atoms with van der Waals surface area (Å²) < 4.78 is 0. The van der Waals surface area contributed by atoms with Crippen molar-refractivity contribution in [1.29, 1.82) is 0 Å². The summed E-state index contributed by atoms with van der Waals surface area (Å²) in [7, 11) is 0. The van der Waals surface area contributed by atoms with Crippen LogP contribution in [0.5, 0.6) is 0 Å². The van der Waals surface area contributed by atoms with Crippen molar-refractivity contribution >= 4 is 29.0 Å². The molecule has 6 nitrogen and oxygen atoms in total. The number of rotatable bonds is 5. The van der Waals surface area contributed by atoms with Crippen molar-refractivity contribution in [2.45, 2.75) is 27.7 Å². The fourth-order valence-corrected chi connectivity index (χ4v) is 2.85. The van der Waals surface area contributed by atoms with Crippen LogP contribution < -0.4 is 10.6 Å². The van der Waals surface area contributed by atoms with Crippen molar-refractivity contribution in [1.82, 2.24) is 9.97 Å². The van der Waals surface area contributed by atoms with Gasteiger partial charge in [0.1, 0.15) is 5.69 Å². The van der Waals surface area contributed by atoms with Gasteiger partial charge in [-0.15, -0.1) is 0 Å². The number of anilines is 3. The van der Waals surface area contributed by atoms with Gasteiger partial charge in [0, 0.05) is 22.6 Å². The Morgan fingerprint density at radius 3 is 2.14 bits per heavy atom. The number of amides is 1. The van der Waals surface area contributed by atoms with Crippen LogP contribution in [0.15, 0.2) is 48.5 Å². The summed E-state index contributed by atoms with van der Waals surface area (Å²) in [6.45, 7) is 7.32. The van der Waals surface area contributed by atoms with E-state index in [0.29, 0.717) is 22.9 Å². The van der Waals surface area contributed by atoms with Crippen LogP contribution >= 0.6 is 0 Å². The summed E-state index contributed by atoms with van der Waals surface area (Å²) in [6.07, 6.45) is 0. The van der Waals surface area contributed by atoms with Crippen LogP contribution in [0.25, 0.3) is 0 Å². The average Bonchev–Trinajstić information content (AvgIpc) is 2.65. The Bertz CT molecular complexity index is 1020. The third-order valence-electron chi connectivity index (χ3n) is 4.35. The number of aromatic nitrogens is 2. The molecule has 142 valence electrons. The maximum atomic E-state index is 12.6. The Morgan fingerprint density at radius 2 is 1.54 bits per heavy atom. The maximum Gasteiger partial charge on any atom is 0.274 e. The SMILES string of the molecule is CC(=O)c1ccc(NC(=O)c2cc(C)nc(Nc3c(C)cccc3C)n2)cc1. The van der Waals surface area contributed by atoms with Crippen LogP contribution in [-0.2, 0) is 0 Å². The molecule has 2 aromatic carbocycles. The molecule has 0 spiro atoms. The Hall–Kier alpha value is -3.54. The number of Topliss-reactive ketones (excluding diaryl/α,β-unsaturated/α-hetero) is 1. The Labute approximate surface area is 164 Å². The van der Waals surface area contributed by atoms with Gasteiger partial charge >= 0.3 is 0 Å². The molecule has 2 N–H and O–H groups in total.